The zero-order valence-electron chi connectivity index (χ0n) is 7.02. The van der Waals surface area contributed by atoms with E-state index in [1.807, 2.05) is 13.0 Å². The van der Waals surface area contributed by atoms with Crippen molar-refractivity contribution in [3.05, 3.63) is 11.6 Å². The first-order chi connectivity index (χ1) is 5.28. The summed E-state index contributed by atoms with van der Waals surface area (Å²) in [6, 6.07) is 0. The number of allylic oxidation sites excluding steroid dienone is 2. The monoisotopic (exact) mass is 150 g/mol. The van der Waals surface area contributed by atoms with E-state index in [-0.39, 0.29) is 0 Å². The SMILES string of the molecule is C/C=C1\C(=O)CC12CCCC2. The van der Waals surface area contributed by atoms with E-state index in [1.165, 1.54) is 25.7 Å². The second-order valence-electron chi connectivity index (χ2n) is 3.79. The fourth-order valence-electron chi connectivity index (χ4n) is 2.65. The summed E-state index contributed by atoms with van der Waals surface area (Å²) in [5.74, 6) is 0.398. The van der Waals surface area contributed by atoms with E-state index in [2.05, 4.69) is 0 Å². The maximum Gasteiger partial charge on any atom is 0.160 e. The Hall–Kier alpha value is -0.590. The van der Waals surface area contributed by atoms with Crippen molar-refractivity contribution in [1.29, 1.82) is 0 Å². The molecule has 2 aliphatic carbocycles. The van der Waals surface area contributed by atoms with Gasteiger partial charge >= 0.3 is 0 Å². The van der Waals surface area contributed by atoms with Crippen molar-refractivity contribution in [3.63, 3.8) is 0 Å². The normalized spacial score (nSPS) is 31.4. The number of rotatable bonds is 0. The van der Waals surface area contributed by atoms with Gasteiger partial charge in [0.1, 0.15) is 0 Å². The highest BCUT2D eigenvalue weighted by atomic mass is 16.1. The minimum atomic E-state index is 0.367. The Morgan fingerprint density at radius 1 is 1.36 bits per heavy atom. The number of carbonyl (C=O) groups is 1. The number of hydrogen-bond donors (Lipinski definition) is 0. The molecule has 2 saturated carbocycles. The third-order valence-electron chi connectivity index (χ3n) is 3.22. The van der Waals surface area contributed by atoms with Crippen LogP contribution in [0, 0.1) is 5.41 Å². The van der Waals surface area contributed by atoms with Gasteiger partial charge in [0.25, 0.3) is 0 Å². The van der Waals surface area contributed by atoms with Gasteiger partial charge in [0.2, 0.25) is 0 Å². The Morgan fingerprint density at radius 2 is 2.00 bits per heavy atom. The standard InChI is InChI=1S/C10H14O/c1-2-8-9(11)7-10(8)5-3-4-6-10/h2H,3-7H2,1H3/b8-2+. The van der Waals surface area contributed by atoms with Crippen LogP contribution in [-0.2, 0) is 4.79 Å². The lowest BCUT2D eigenvalue weighted by Crippen LogP contribution is -2.38. The second kappa shape index (κ2) is 2.20. The summed E-state index contributed by atoms with van der Waals surface area (Å²) in [7, 11) is 0. The molecule has 2 aliphatic rings. The summed E-state index contributed by atoms with van der Waals surface area (Å²) in [6.07, 6.45) is 8.04. The molecule has 1 spiro atoms. The molecule has 0 aromatic carbocycles. The highest BCUT2D eigenvalue weighted by Crippen LogP contribution is 2.54. The van der Waals surface area contributed by atoms with Crippen molar-refractivity contribution in [2.45, 2.75) is 39.0 Å². The van der Waals surface area contributed by atoms with Gasteiger partial charge in [0.05, 0.1) is 0 Å². The van der Waals surface area contributed by atoms with Crippen LogP contribution in [0.2, 0.25) is 0 Å². The average Bonchev–Trinajstić information content (AvgIpc) is 2.38. The lowest BCUT2D eigenvalue weighted by Gasteiger charge is -2.39. The predicted molar refractivity (Wildman–Crippen MR) is 44.3 cm³/mol. The van der Waals surface area contributed by atoms with E-state index in [1.54, 1.807) is 0 Å². The highest BCUT2D eigenvalue weighted by molar-refractivity contribution is 6.04. The van der Waals surface area contributed by atoms with Crippen molar-refractivity contribution in [3.8, 4) is 0 Å². The molecule has 0 N–H and O–H groups in total. The lowest BCUT2D eigenvalue weighted by molar-refractivity contribution is -0.124. The van der Waals surface area contributed by atoms with Gasteiger partial charge in [-0.3, -0.25) is 4.79 Å². The van der Waals surface area contributed by atoms with Gasteiger partial charge < -0.3 is 0 Å². The predicted octanol–water partition coefficient (Wildman–Crippen LogP) is 2.47. The first kappa shape index (κ1) is 7.08. The molecular weight excluding hydrogens is 136 g/mol. The lowest BCUT2D eigenvalue weighted by atomic mass is 9.62. The quantitative estimate of drug-likeness (QED) is 0.485. The number of Topliss-reactive ketones (excluding diaryl/α,β-unsaturated/α-hetero) is 1. The second-order valence-corrected chi connectivity index (χ2v) is 3.79. The van der Waals surface area contributed by atoms with Crippen molar-refractivity contribution in [1.82, 2.24) is 0 Å². The van der Waals surface area contributed by atoms with Crippen LogP contribution in [0.15, 0.2) is 11.6 Å². The molecule has 0 radical (unpaired) electrons. The number of carbonyl (C=O) groups excluding carboxylic acids is 1. The molecule has 2 rings (SSSR count). The maximum absolute atomic E-state index is 11.2. The van der Waals surface area contributed by atoms with E-state index in [0.29, 0.717) is 11.2 Å². The van der Waals surface area contributed by atoms with Gasteiger partial charge in [-0.25, -0.2) is 0 Å². The Labute approximate surface area is 67.5 Å². The molecule has 60 valence electrons. The Bertz CT molecular complexity index is 219. The van der Waals surface area contributed by atoms with E-state index in [4.69, 9.17) is 0 Å². The van der Waals surface area contributed by atoms with E-state index in [9.17, 15) is 4.79 Å². The van der Waals surface area contributed by atoms with Crippen LogP contribution < -0.4 is 0 Å². The van der Waals surface area contributed by atoms with Crippen molar-refractivity contribution >= 4 is 5.78 Å². The maximum atomic E-state index is 11.2. The molecule has 0 heterocycles. The van der Waals surface area contributed by atoms with E-state index >= 15 is 0 Å². The topological polar surface area (TPSA) is 17.1 Å². The highest BCUT2D eigenvalue weighted by Gasteiger charge is 2.49. The first-order valence-electron chi connectivity index (χ1n) is 4.48. The van der Waals surface area contributed by atoms with Crippen LogP contribution in [0.25, 0.3) is 0 Å². The third-order valence-corrected chi connectivity index (χ3v) is 3.22. The molecule has 2 fully saturated rings. The summed E-state index contributed by atoms with van der Waals surface area (Å²) in [5, 5.41) is 0. The molecule has 0 amide bonds. The first-order valence-corrected chi connectivity index (χ1v) is 4.48. The Kier molecular flexibility index (Phi) is 1.41. The van der Waals surface area contributed by atoms with Crippen LogP contribution in [-0.4, -0.2) is 5.78 Å². The van der Waals surface area contributed by atoms with Gasteiger partial charge in [-0.05, 0) is 25.3 Å². The summed E-state index contributed by atoms with van der Waals surface area (Å²) in [6.45, 7) is 1.99. The van der Waals surface area contributed by atoms with Crippen molar-refractivity contribution in [2.75, 3.05) is 0 Å². The largest absolute Gasteiger partial charge is 0.295 e. The molecule has 11 heavy (non-hydrogen) atoms. The van der Waals surface area contributed by atoms with Crippen LogP contribution in [0.3, 0.4) is 0 Å². The van der Waals surface area contributed by atoms with Gasteiger partial charge in [-0.1, -0.05) is 18.9 Å². The molecule has 1 nitrogen and oxygen atoms in total. The van der Waals surface area contributed by atoms with Crippen LogP contribution >= 0.6 is 0 Å². The van der Waals surface area contributed by atoms with E-state index in [0.717, 1.165) is 12.0 Å². The number of ketones is 1. The molecule has 0 aromatic rings. The third kappa shape index (κ3) is 0.800. The fourth-order valence-corrected chi connectivity index (χ4v) is 2.65. The molecule has 1 heteroatoms. The molecule has 0 aliphatic heterocycles. The molecule has 0 bridgehead atoms. The van der Waals surface area contributed by atoms with Crippen LogP contribution in [0.5, 0.6) is 0 Å². The van der Waals surface area contributed by atoms with E-state index < -0.39 is 0 Å². The Balaban J connectivity index is 2.23. The van der Waals surface area contributed by atoms with Gasteiger partial charge in [0, 0.05) is 11.8 Å². The minimum absolute atomic E-state index is 0.367. The fraction of sp³-hybridized carbons (Fsp3) is 0.700. The van der Waals surface area contributed by atoms with Gasteiger partial charge in [-0.15, -0.1) is 0 Å². The molecule has 0 aromatic heterocycles. The van der Waals surface area contributed by atoms with Gasteiger partial charge in [0.15, 0.2) is 5.78 Å². The zero-order chi connectivity index (χ0) is 7.90. The van der Waals surface area contributed by atoms with Crippen LogP contribution in [0.1, 0.15) is 39.0 Å². The summed E-state index contributed by atoms with van der Waals surface area (Å²) >= 11 is 0. The van der Waals surface area contributed by atoms with Crippen molar-refractivity contribution in [2.24, 2.45) is 5.41 Å². The minimum Gasteiger partial charge on any atom is -0.295 e. The van der Waals surface area contributed by atoms with Crippen molar-refractivity contribution < 1.29 is 4.79 Å². The zero-order valence-corrected chi connectivity index (χ0v) is 7.02. The number of hydrogen-bond acceptors (Lipinski definition) is 1. The summed E-state index contributed by atoms with van der Waals surface area (Å²) in [5.41, 5.74) is 1.50. The molecule has 0 atom stereocenters. The molecule has 0 saturated heterocycles. The summed E-state index contributed by atoms with van der Waals surface area (Å²) in [4.78, 5) is 11.2. The summed E-state index contributed by atoms with van der Waals surface area (Å²) < 4.78 is 0. The molecular formula is C10H14O. The van der Waals surface area contributed by atoms with Gasteiger partial charge in [-0.2, -0.15) is 0 Å². The molecule has 0 unspecified atom stereocenters. The average molecular weight is 150 g/mol. The van der Waals surface area contributed by atoms with Crippen LogP contribution in [0.4, 0.5) is 0 Å². The Morgan fingerprint density at radius 3 is 2.45 bits per heavy atom. The smallest absolute Gasteiger partial charge is 0.160 e.